The molecule has 0 aliphatic carbocycles. The summed E-state index contributed by atoms with van der Waals surface area (Å²) >= 11 is 0. The van der Waals surface area contributed by atoms with Crippen LogP contribution in [0.2, 0.25) is 0 Å². The van der Waals surface area contributed by atoms with Gasteiger partial charge in [-0.25, -0.2) is 9.37 Å². The van der Waals surface area contributed by atoms with Crippen molar-refractivity contribution in [3.8, 4) is 0 Å². The van der Waals surface area contributed by atoms with Crippen LogP contribution in [0.1, 0.15) is 35.1 Å². The van der Waals surface area contributed by atoms with E-state index in [9.17, 15) is 17.6 Å². The van der Waals surface area contributed by atoms with Crippen LogP contribution in [0.3, 0.4) is 0 Å². The van der Waals surface area contributed by atoms with E-state index in [0.717, 1.165) is 35.1 Å². The van der Waals surface area contributed by atoms with Crippen LogP contribution in [0.25, 0.3) is 5.78 Å². The number of hydrogen-bond donors (Lipinski definition) is 0. The summed E-state index contributed by atoms with van der Waals surface area (Å²) in [5.41, 5.74) is 2.61. The van der Waals surface area contributed by atoms with Gasteiger partial charge in [0.2, 0.25) is 0 Å². The molecule has 0 spiro atoms. The van der Waals surface area contributed by atoms with Gasteiger partial charge in [0.15, 0.2) is 5.82 Å². The zero-order valence-electron chi connectivity index (χ0n) is 20.1. The second-order valence-electron chi connectivity index (χ2n) is 8.92. The van der Waals surface area contributed by atoms with Gasteiger partial charge in [-0.1, -0.05) is 25.1 Å². The molecule has 10 heteroatoms. The molecule has 0 radical (unpaired) electrons. The summed E-state index contributed by atoms with van der Waals surface area (Å²) in [6.07, 6.45) is -3.24. The molecule has 36 heavy (non-hydrogen) atoms. The highest BCUT2D eigenvalue weighted by atomic mass is 19.4. The number of aromatic nitrogens is 4. The maximum atomic E-state index is 13.6. The first-order chi connectivity index (χ1) is 17.2. The van der Waals surface area contributed by atoms with Crippen LogP contribution >= 0.6 is 0 Å². The lowest BCUT2D eigenvalue weighted by atomic mass is 10.1. The lowest BCUT2D eigenvalue weighted by Gasteiger charge is -2.38. The fourth-order valence-electron chi connectivity index (χ4n) is 4.77. The van der Waals surface area contributed by atoms with Gasteiger partial charge < -0.3 is 9.80 Å². The van der Waals surface area contributed by atoms with Gasteiger partial charge in [-0.15, -0.1) is 5.10 Å². The first-order valence-electron chi connectivity index (χ1n) is 11.9. The number of fused-ring (bicyclic) bond motifs is 1. The number of aryl methyl sites for hydroxylation is 1. The van der Waals surface area contributed by atoms with E-state index in [2.05, 4.69) is 21.8 Å². The van der Waals surface area contributed by atoms with Crippen LogP contribution in [-0.2, 0) is 19.0 Å². The molecule has 0 saturated carbocycles. The third-order valence-corrected chi connectivity index (χ3v) is 6.53. The maximum Gasteiger partial charge on any atom is 0.416 e. The number of anilines is 2. The second kappa shape index (κ2) is 9.40. The molecule has 5 rings (SSSR count). The average molecular weight is 499 g/mol. The van der Waals surface area contributed by atoms with Crippen molar-refractivity contribution in [2.45, 2.75) is 32.9 Å². The Kier molecular flexibility index (Phi) is 6.27. The normalized spacial score (nSPS) is 14.6. The third-order valence-electron chi connectivity index (χ3n) is 6.53. The molecule has 1 aliphatic heterocycles. The molecule has 2 aromatic heterocycles. The summed E-state index contributed by atoms with van der Waals surface area (Å²) in [5, 5.41) is 4.72. The van der Waals surface area contributed by atoms with Crippen LogP contribution in [0.5, 0.6) is 0 Å². The fourth-order valence-corrected chi connectivity index (χ4v) is 4.77. The molecule has 1 fully saturated rings. The molecule has 0 N–H and O–H groups in total. The molecule has 0 atom stereocenters. The van der Waals surface area contributed by atoms with Crippen LogP contribution in [-0.4, -0.2) is 45.8 Å². The van der Waals surface area contributed by atoms with Gasteiger partial charge in [0, 0.05) is 49.5 Å². The number of alkyl halides is 3. The molecular weight excluding hydrogens is 472 g/mol. The van der Waals surface area contributed by atoms with E-state index in [0.29, 0.717) is 49.9 Å². The number of rotatable bonds is 5. The number of halogens is 4. The SMILES string of the molecule is CCc1c(C)nc2nc(Cc3cccc(F)c3)nn2c1N1CCN(c2cccc(C(F)(F)F)c2)CC1. The molecule has 2 aromatic carbocycles. The van der Waals surface area contributed by atoms with E-state index in [-0.39, 0.29) is 5.82 Å². The molecule has 1 saturated heterocycles. The van der Waals surface area contributed by atoms with E-state index in [1.165, 1.54) is 24.3 Å². The van der Waals surface area contributed by atoms with Gasteiger partial charge >= 0.3 is 6.18 Å². The van der Waals surface area contributed by atoms with E-state index < -0.39 is 11.7 Å². The predicted molar refractivity (Wildman–Crippen MR) is 130 cm³/mol. The lowest BCUT2D eigenvalue weighted by molar-refractivity contribution is -0.137. The largest absolute Gasteiger partial charge is 0.416 e. The maximum absolute atomic E-state index is 13.6. The van der Waals surface area contributed by atoms with E-state index in [1.54, 1.807) is 16.6 Å². The quantitative estimate of drug-likeness (QED) is 0.360. The predicted octanol–water partition coefficient (Wildman–Crippen LogP) is 5.07. The summed E-state index contributed by atoms with van der Waals surface area (Å²) in [6, 6.07) is 11.8. The van der Waals surface area contributed by atoms with Crippen LogP contribution in [0.4, 0.5) is 29.1 Å². The Morgan fingerprint density at radius 2 is 1.64 bits per heavy atom. The van der Waals surface area contributed by atoms with Crippen molar-refractivity contribution in [3.05, 3.63) is 82.6 Å². The van der Waals surface area contributed by atoms with Gasteiger partial charge in [0.1, 0.15) is 11.6 Å². The summed E-state index contributed by atoms with van der Waals surface area (Å²) in [5.74, 6) is 1.62. The summed E-state index contributed by atoms with van der Waals surface area (Å²) in [4.78, 5) is 13.4. The highest BCUT2D eigenvalue weighted by Crippen LogP contribution is 2.32. The van der Waals surface area contributed by atoms with Crippen LogP contribution in [0.15, 0.2) is 48.5 Å². The summed E-state index contributed by atoms with van der Waals surface area (Å²) < 4.78 is 54.9. The van der Waals surface area contributed by atoms with Crippen molar-refractivity contribution in [2.24, 2.45) is 0 Å². The Balaban J connectivity index is 1.43. The van der Waals surface area contributed by atoms with Crippen molar-refractivity contribution in [1.82, 2.24) is 19.6 Å². The third kappa shape index (κ3) is 4.72. The molecule has 0 amide bonds. The molecule has 1 aliphatic rings. The minimum Gasteiger partial charge on any atom is -0.368 e. The fraction of sp³-hybridized carbons (Fsp3) is 0.346. The monoisotopic (exact) mass is 498 g/mol. The zero-order valence-corrected chi connectivity index (χ0v) is 20.1. The molecular formula is C26H26F4N6. The molecule has 0 unspecified atom stereocenters. The summed E-state index contributed by atoms with van der Waals surface area (Å²) in [7, 11) is 0. The Hall–Kier alpha value is -3.69. The number of benzene rings is 2. The zero-order chi connectivity index (χ0) is 25.4. The first-order valence-corrected chi connectivity index (χ1v) is 11.9. The van der Waals surface area contributed by atoms with Crippen molar-refractivity contribution in [1.29, 1.82) is 0 Å². The number of hydrogen-bond acceptors (Lipinski definition) is 5. The number of piperazine rings is 1. The lowest BCUT2D eigenvalue weighted by Crippen LogP contribution is -2.47. The van der Waals surface area contributed by atoms with Gasteiger partial charge in [-0.2, -0.15) is 22.7 Å². The topological polar surface area (TPSA) is 49.6 Å². The van der Waals surface area contributed by atoms with E-state index >= 15 is 0 Å². The highest BCUT2D eigenvalue weighted by Gasteiger charge is 2.31. The Labute approximate surface area is 206 Å². The second-order valence-corrected chi connectivity index (χ2v) is 8.92. The Morgan fingerprint density at radius 3 is 2.33 bits per heavy atom. The molecule has 188 valence electrons. The Bertz CT molecular complexity index is 1390. The minimum absolute atomic E-state index is 0.308. The standard InChI is InChI=1S/C26H26F4N6/c1-3-22-17(2)31-25-32-23(15-18-6-4-8-20(27)14-18)33-36(25)24(22)35-12-10-34(11-13-35)21-9-5-7-19(16-21)26(28,29)30/h4-9,14,16H,3,10-13,15H2,1-2H3. The number of nitrogens with zero attached hydrogens (tertiary/aromatic N) is 6. The van der Waals surface area contributed by atoms with Gasteiger partial charge in [-0.05, 0) is 49.2 Å². The molecule has 6 nitrogen and oxygen atoms in total. The average Bonchev–Trinajstić information content (AvgIpc) is 3.24. The van der Waals surface area contributed by atoms with Crippen molar-refractivity contribution in [2.75, 3.05) is 36.0 Å². The van der Waals surface area contributed by atoms with Crippen molar-refractivity contribution >= 4 is 17.3 Å². The van der Waals surface area contributed by atoms with E-state index in [4.69, 9.17) is 5.10 Å². The van der Waals surface area contributed by atoms with Crippen molar-refractivity contribution < 1.29 is 17.6 Å². The highest BCUT2D eigenvalue weighted by molar-refractivity contribution is 5.57. The molecule has 0 bridgehead atoms. The van der Waals surface area contributed by atoms with E-state index in [1.807, 2.05) is 17.9 Å². The van der Waals surface area contributed by atoms with Gasteiger partial charge in [-0.3, -0.25) is 0 Å². The van der Waals surface area contributed by atoms with Gasteiger partial charge in [0.25, 0.3) is 5.78 Å². The smallest absolute Gasteiger partial charge is 0.368 e. The molecule has 3 heterocycles. The first kappa shape index (κ1) is 24.0. The van der Waals surface area contributed by atoms with Crippen LogP contribution < -0.4 is 9.80 Å². The molecule has 4 aromatic rings. The van der Waals surface area contributed by atoms with Crippen molar-refractivity contribution in [3.63, 3.8) is 0 Å². The van der Waals surface area contributed by atoms with Crippen LogP contribution in [0, 0.1) is 12.7 Å². The summed E-state index contributed by atoms with van der Waals surface area (Å²) in [6.45, 7) is 6.36. The Morgan fingerprint density at radius 1 is 0.917 bits per heavy atom. The minimum atomic E-state index is -4.37. The van der Waals surface area contributed by atoms with Gasteiger partial charge in [0.05, 0.1) is 5.56 Å².